The summed E-state index contributed by atoms with van der Waals surface area (Å²) in [4.78, 5) is 32.2. The molecule has 1 saturated heterocycles. The molecule has 1 aromatic heterocycles. The van der Waals surface area contributed by atoms with E-state index in [0.29, 0.717) is 27.9 Å². The first-order chi connectivity index (χ1) is 18.9. The van der Waals surface area contributed by atoms with Crippen molar-refractivity contribution < 1.29 is 9.59 Å². The molecule has 1 aliphatic heterocycles. The van der Waals surface area contributed by atoms with Crippen molar-refractivity contribution in [3.05, 3.63) is 93.5 Å². The maximum Gasteiger partial charge on any atom is 0.251 e. The summed E-state index contributed by atoms with van der Waals surface area (Å²) in [5.74, 6) is 0.210. The predicted molar refractivity (Wildman–Crippen MR) is 161 cm³/mol. The van der Waals surface area contributed by atoms with Crippen LogP contribution in [-0.2, 0) is 17.9 Å². The Balaban J connectivity index is 1.06. The highest BCUT2D eigenvalue weighted by Crippen LogP contribution is 2.30. The van der Waals surface area contributed by atoms with Gasteiger partial charge >= 0.3 is 0 Å². The molecular formula is C29H28Cl2N4O2S2. The summed E-state index contributed by atoms with van der Waals surface area (Å²) in [6.07, 6.45) is 1.82. The van der Waals surface area contributed by atoms with Crippen LogP contribution in [0.3, 0.4) is 0 Å². The molecule has 0 unspecified atom stereocenters. The van der Waals surface area contributed by atoms with Gasteiger partial charge in [-0.3, -0.25) is 14.5 Å². The molecule has 0 aliphatic carbocycles. The Morgan fingerprint density at radius 3 is 2.54 bits per heavy atom. The number of hydrogen-bond donors (Lipinski definition) is 2. The minimum atomic E-state index is -0.120. The summed E-state index contributed by atoms with van der Waals surface area (Å²) in [6.45, 7) is 3.13. The third-order valence-electron chi connectivity index (χ3n) is 6.60. The minimum Gasteiger partial charge on any atom is -0.353 e. The summed E-state index contributed by atoms with van der Waals surface area (Å²) in [6, 6.07) is 21.3. The first kappa shape index (κ1) is 27.9. The largest absolute Gasteiger partial charge is 0.353 e. The number of likely N-dealkylation sites (tertiary alicyclic amines) is 1. The molecule has 0 bridgehead atoms. The van der Waals surface area contributed by atoms with Crippen molar-refractivity contribution in [1.29, 1.82) is 0 Å². The van der Waals surface area contributed by atoms with Crippen LogP contribution in [0.4, 0.5) is 0 Å². The lowest BCUT2D eigenvalue weighted by Gasteiger charge is -2.32. The number of halogens is 2. The van der Waals surface area contributed by atoms with Crippen molar-refractivity contribution in [2.45, 2.75) is 36.3 Å². The van der Waals surface area contributed by atoms with Crippen LogP contribution in [0.25, 0.3) is 10.2 Å². The molecular weight excluding hydrogens is 571 g/mol. The summed E-state index contributed by atoms with van der Waals surface area (Å²) >= 11 is 15.1. The maximum absolute atomic E-state index is 12.6. The van der Waals surface area contributed by atoms with Gasteiger partial charge in [-0.15, -0.1) is 11.3 Å². The van der Waals surface area contributed by atoms with E-state index < -0.39 is 0 Å². The number of fused-ring (bicyclic) bond motifs is 1. The second-order valence-electron chi connectivity index (χ2n) is 9.49. The van der Waals surface area contributed by atoms with Gasteiger partial charge in [-0.1, -0.05) is 71.4 Å². The standard InChI is InChI=1S/C29H28Cl2N4O2S2/c30-23-8-6-20(14-24(23)31)17-35-12-10-22(11-13-35)33-27(36)18-38-29-34-25-9-7-21(15-26(25)39-29)28(37)32-16-19-4-2-1-3-5-19/h1-9,14-15,22H,10-13,16-18H2,(H,32,37)(H,33,36). The topological polar surface area (TPSA) is 74.3 Å². The molecule has 2 heterocycles. The van der Waals surface area contributed by atoms with E-state index in [9.17, 15) is 9.59 Å². The van der Waals surface area contributed by atoms with Gasteiger partial charge in [0.05, 0.1) is 26.0 Å². The summed E-state index contributed by atoms with van der Waals surface area (Å²) in [5, 5.41) is 7.28. The molecule has 10 heteroatoms. The van der Waals surface area contributed by atoms with Crippen LogP contribution in [0.15, 0.2) is 71.1 Å². The number of carbonyl (C=O) groups is 2. The normalized spacial score (nSPS) is 14.4. The number of nitrogens with zero attached hydrogens (tertiary/aromatic N) is 2. The number of aromatic nitrogens is 1. The number of amides is 2. The minimum absolute atomic E-state index is 0.0168. The van der Waals surface area contributed by atoms with E-state index in [2.05, 4.69) is 20.5 Å². The van der Waals surface area contributed by atoms with Gasteiger partial charge in [-0.2, -0.15) is 0 Å². The van der Waals surface area contributed by atoms with Crippen LogP contribution in [0.5, 0.6) is 0 Å². The molecule has 202 valence electrons. The third kappa shape index (κ3) is 7.74. The molecule has 0 saturated carbocycles. The van der Waals surface area contributed by atoms with Gasteiger partial charge in [0.25, 0.3) is 5.91 Å². The first-order valence-electron chi connectivity index (χ1n) is 12.7. The van der Waals surface area contributed by atoms with Crippen molar-refractivity contribution in [2.75, 3.05) is 18.8 Å². The fourth-order valence-electron chi connectivity index (χ4n) is 4.51. The number of thioether (sulfide) groups is 1. The summed E-state index contributed by atoms with van der Waals surface area (Å²) in [5.41, 5.74) is 3.62. The average Bonchev–Trinajstić information content (AvgIpc) is 3.36. The van der Waals surface area contributed by atoms with Crippen LogP contribution < -0.4 is 10.6 Å². The van der Waals surface area contributed by atoms with Gasteiger partial charge in [0.15, 0.2) is 4.34 Å². The molecule has 0 spiro atoms. The lowest BCUT2D eigenvalue weighted by molar-refractivity contribution is -0.119. The quantitative estimate of drug-likeness (QED) is 0.218. The van der Waals surface area contributed by atoms with E-state index in [1.807, 2.05) is 60.7 Å². The van der Waals surface area contributed by atoms with E-state index in [4.69, 9.17) is 23.2 Å². The lowest BCUT2D eigenvalue weighted by Crippen LogP contribution is -2.44. The molecule has 3 aromatic carbocycles. The third-order valence-corrected chi connectivity index (χ3v) is 9.50. The van der Waals surface area contributed by atoms with Crippen LogP contribution in [0, 0.1) is 0 Å². The Hall–Kier alpha value is -2.62. The van der Waals surface area contributed by atoms with Crippen molar-refractivity contribution in [3.8, 4) is 0 Å². The molecule has 39 heavy (non-hydrogen) atoms. The van der Waals surface area contributed by atoms with Crippen molar-refractivity contribution in [3.63, 3.8) is 0 Å². The van der Waals surface area contributed by atoms with Gasteiger partial charge in [-0.25, -0.2) is 4.98 Å². The zero-order chi connectivity index (χ0) is 27.2. The molecule has 4 aromatic rings. The van der Waals surface area contributed by atoms with Crippen molar-refractivity contribution >= 4 is 68.3 Å². The molecule has 1 fully saturated rings. The summed E-state index contributed by atoms with van der Waals surface area (Å²) < 4.78 is 1.75. The van der Waals surface area contributed by atoms with Crippen LogP contribution in [-0.4, -0.2) is 46.6 Å². The molecule has 5 rings (SSSR count). The van der Waals surface area contributed by atoms with Crippen molar-refractivity contribution in [1.82, 2.24) is 20.5 Å². The van der Waals surface area contributed by atoms with Gasteiger partial charge in [0.1, 0.15) is 0 Å². The fourth-order valence-corrected chi connectivity index (χ4v) is 6.75. The number of carbonyl (C=O) groups excluding carboxylic acids is 2. The molecule has 0 radical (unpaired) electrons. The highest BCUT2D eigenvalue weighted by molar-refractivity contribution is 8.01. The Morgan fingerprint density at radius 2 is 1.77 bits per heavy atom. The van der Waals surface area contributed by atoms with Gasteiger partial charge in [0.2, 0.25) is 5.91 Å². The smallest absolute Gasteiger partial charge is 0.251 e. The monoisotopic (exact) mass is 598 g/mol. The Bertz CT molecular complexity index is 1460. The number of benzene rings is 3. The highest BCUT2D eigenvalue weighted by Gasteiger charge is 2.21. The molecule has 6 nitrogen and oxygen atoms in total. The fraction of sp³-hybridized carbons (Fsp3) is 0.276. The van der Waals surface area contributed by atoms with Crippen LogP contribution in [0.1, 0.15) is 34.3 Å². The average molecular weight is 600 g/mol. The number of rotatable bonds is 9. The zero-order valence-corrected chi connectivity index (χ0v) is 24.3. The number of nitrogens with one attached hydrogen (secondary N) is 2. The summed E-state index contributed by atoms with van der Waals surface area (Å²) in [7, 11) is 0. The van der Waals surface area contributed by atoms with E-state index in [0.717, 1.165) is 58.2 Å². The van der Waals surface area contributed by atoms with Gasteiger partial charge < -0.3 is 10.6 Å². The number of piperidine rings is 1. The Morgan fingerprint density at radius 1 is 0.974 bits per heavy atom. The molecule has 2 N–H and O–H groups in total. The van der Waals surface area contributed by atoms with Crippen molar-refractivity contribution in [2.24, 2.45) is 0 Å². The maximum atomic E-state index is 12.6. The number of hydrogen-bond acceptors (Lipinski definition) is 6. The second-order valence-corrected chi connectivity index (χ2v) is 12.6. The lowest BCUT2D eigenvalue weighted by atomic mass is 10.0. The van der Waals surface area contributed by atoms with E-state index in [1.54, 1.807) is 6.07 Å². The first-order valence-corrected chi connectivity index (χ1v) is 15.3. The van der Waals surface area contributed by atoms with Crippen LogP contribution in [0.2, 0.25) is 10.0 Å². The van der Waals surface area contributed by atoms with E-state index in [1.165, 1.54) is 23.1 Å². The van der Waals surface area contributed by atoms with Crippen LogP contribution >= 0.6 is 46.3 Å². The second kappa shape index (κ2) is 13.2. The number of thiazole rings is 1. The highest BCUT2D eigenvalue weighted by atomic mass is 35.5. The Labute approximate surface area is 246 Å². The SMILES string of the molecule is O=C(CSc1nc2ccc(C(=O)NCc3ccccc3)cc2s1)NC1CCN(Cc2ccc(Cl)c(Cl)c2)CC1. The van der Waals surface area contributed by atoms with E-state index >= 15 is 0 Å². The zero-order valence-electron chi connectivity index (χ0n) is 21.2. The molecule has 2 amide bonds. The van der Waals surface area contributed by atoms with E-state index in [-0.39, 0.29) is 17.9 Å². The molecule has 1 aliphatic rings. The Kier molecular flexibility index (Phi) is 9.42. The van der Waals surface area contributed by atoms with Gasteiger partial charge in [0, 0.05) is 37.8 Å². The predicted octanol–water partition coefficient (Wildman–Crippen LogP) is 6.41. The molecule has 0 atom stereocenters. The van der Waals surface area contributed by atoms with Gasteiger partial charge in [-0.05, 0) is 54.3 Å².